The van der Waals surface area contributed by atoms with Gasteiger partial charge in [-0.15, -0.1) is 0 Å². The largest absolute Gasteiger partial charge is 0.516 e. The lowest BCUT2D eigenvalue weighted by atomic mass is 10.0. The number of ether oxygens (including phenoxy) is 2. The highest BCUT2D eigenvalue weighted by atomic mass is 32.2. The van der Waals surface area contributed by atoms with Gasteiger partial charge < -0.3 is 14.0 Å². The minimum Gasteiger partial charge on any atom is -0.494 e. The molecule has 0 aliphatic rings. The van der Waals surface area contributed by atoms with Crippen molar-refractivity contribution < 1.29 is 35.9 Å². The molecular formula is C27H26F3N3O5S. The van der Waals surface area contributed by atoms with Gasteiger partial charge in [0.2, 0.25) is 0 Å². The number of fused-ring (bicyclic) bond motifs is 1. The first-order valence-corrected chi connectivity index (χ1v) is 13.5. The Balaban J connectivity index is 1.60. The van der Waals surface area contributed by atoms with Crippen molar-refractivity contribution >= 4 is 27.1 Å². The first-order valence-electron chi connectivity index (χ1n) is 12.1. The maximum Gasteiger partial charge on any atom is 0.516 e. The van der Waals surface area contributed by atoms with Gasteiger partial charge in [0.15, 0.2) is 0 Å². The number of rotatable bonds is 9. The van der Waals surface area contributed by atoms with E-state index in [1.807, 2.05) is 30.3 Å². The van der Waals surface area contributed by atoms with Crippen LogP contribution in [0.1, 0.15) is 31.2 Å². The molecule has 0 unspecified atom stereocenters. The fraction of sp³-hybridized carbons (Fsp3) is 0.259. The number of nitrogens with one attached hydrogen (secondary N) is 1. The highest BCUT2D eigenvalue weighted by molar-refractivity contribution is 7.90. The molecule has 0 spiro atoms. The highest BCUT2D eigenvalue weighted by Gasteiger charge is 2.47. The van der Waals surface area contributed by atoms with Crippen LogP contribution in [0.25, 0.3) is 22.2 Å². The maximum atomic E-state index is 12.6. The Morgan fingerprint density at radius 2 is 1.69 bits per heavy atom. The summed E-state index contributed by atoms with van der Waals surface area (Å²) in [6, 6.07) is 19.2. The van der Waals surface area contributed by atoms with E-state index in [-0.39, 0.29) is 5.75 Å². The number of nitrogens with zero attached hydrogens (tertiary/aromatic N) is 2. The number of hydrogen-bond acceptors (Lipinski definition) is 6. The standard InChI is InChI=1S/C27H26F3N3O5S/c1-3-4-12-24-31-21-9-7-11-23(37-2)25(21)33(24)17-18-13-15-19(16-14-18)20-8-5-6-10-22(20)38-26(34)32-39(35,36)27(28,29)30/h5-11,13-16H,3-4,12,17H2,1-2H3,(H,32,34). The van der Waals surface area contributed by atoms with Gasteiger partial charge in [0, 0.05) is 18.5 Å². The number of carbonyl (C=O) groups excluding carboxylic acids is 1. The highest BCUT2D eigenvalue weighted by Crippen LogP contribution is 2.32. The van der Waals surface area contributed by atoms with Crippen LogP contribution in [0.4, 0.5) is 18.0 Å². The van der Waals surface area contributed by atoms with Gasteiger partial charge in [0.05, 0.1) is 12.6 Å². The molecule has 4 rings (SSSR count). The van der Waals surface area contributed by atoms with Gasteiger partial charge in [-0.3, -0.25) is 0 Å². The summed E-state index contributed by atoms with van der Waals surface area (Å²) in [4.78, 5) is 16.7. The number of aryl methyl sites for hydroxylation is 1. The summed E-state index contributed by atoms with van der Waals surface area (Å²) >= 11 is 0. The van der Waals surface area contributed by atoms with Crippen molar-refractivity contribution in [2.24, 2.45) is 0 Å². The molecule has 4 aromatic rings. The van der Waals surface area contributed by atoms with Crippen LogP contribution in [0.5, 0.6) is 11.5 Å². The molecule has 8 nitrogen and oxygen atoms in total. The number of alkyl halides is 3. The number of sulfonamides is 1. The molecule has 12 heteroatoms. The summed E-state index contributed by atoms with van der Waals surface area (Å²) in [5.41, 5.74) is -1.96. The summed E-state index contributed by atoms with van der Waals surface area (Å²) in [7, 11) is -4.28. The summed E-state index contributed by atoms with van der Waals surface area (Å²) in [5, 5.41) is 0. The Labute approximate surface area is 223 Å². The molecule has 0 atom stereocenters. The lowest BCUT2D eigenvalue weighted by molar-refractivity contribution is -0.0446. The van der Waals surface area contributed by atoms with E-state index in [1.54, 1.807) is 31.4 Å². The fourth-order valence-electron chi connectivity index (χ4n) is 4.12. The van der Waals surface area contributed by atoms with E-state index in [0.717, 1.165) is 52.2 Å². The van der Waals surface area contributed by atoms with Crippen LogP contribution in [-0.4, -0.2) is 36.7 Å². The van der Waals surface area contributed by atoms with Crippen molar-refractivity contribution in [1.82, 2.24) is 14.3 Å². The molecule has 39 heavy (non-hydrogen) atoms. The molecule has 206 valence electrons. The van der Waals surface area contributed by atoms with Gasteiger partial charge in [-0.05, 0) is 35.7 Å². The lowest BCUT2D eigenvalue weighted by Crippen LogP contribution is -2.41. The number of amides is 1. The second-order valence-electron chi connectivity index (χ2n) is 8.68. The molecule has 0 bridgehead atoms. The number of benzene rings is 3. The summed E-state index contributed by atoms with van der Waals surface area (Å²) < 4.78 is 73.7. The van der Waals surface area contributed by atoms with E-state index >= 15 is 0 Å². The monoisotopic (exact) mass is 561 g/mol. The van der Waals surface area contributed by atoms with Gasteiger partial charge in [-0.25, -0.2) is 14.5 Å². The zero-order chi connectivity index (χ0) is 28.2. The maximum absolute atomic E-state index is 12.6. The molecule has 1 heterocycles. The van der Waals surface area contributed by atoms with Gasteiger partial charge >= 0.3 is 21.6 Å². The molecule has 1 N–H and O–H groups in total. The molecular weight excluding hydrogens is 535 g/mol. The average Bonchev–Trinajstić information content (AvgIpc) is 3.24. The first kappa shape index (κ1) is 28.0. The number of unbranched alkanes of at least 4 members (excludes halogenated alkanes) is 1. The van der Waals surface area contributed by atoms with Crippen LogP contribution in [-0.2, 0) is 23.0 Å². The van der Waals surface area contributed by atoms with Crippen molar-refractivity contribution in [3.05, 3.63) is 78.1 Å². The normalized spacial score (nSPS) is 11.9. The van der Waals surface area contributed by atoms with E-state index in [9.17, 15) is 26.4 Å². The van der Waals surface area contributed by atoms with Crippen molar-refractivity contribution in [1.29, 1.82) is 0 Å². The number of para-hydroxylation sites is 2. The minimum atomic E-state index is -5.90. The molecule has 1 aromatic heterocycles. The topological polar surface area (TPSA) is 99.5 Å². The van der Waals surface area contributed by atoms with E-state index in [4.69, 9.17) is 14.5 Å². The van der Waals surface area contributed by atoms with Gasteiger partial charge in [0.1, 0.15) is 22.8 Å². The Kier molecular flexibility index (Phi) is 8.14. The molecule has 0 saturated carbocycles. The summed E-state index contributed by atoms with van der Waals surface area (Å²) in [6.45, 7) is 2.64. The number of aromatic nitrogens is 2. The Morgan fingerprint density at radius 3 is 2.36 bits per heavy atom. The van der Waals surface area contributed by atoms with Crippen molar-refractivity contribution in [2.75, 3.05) is 7.11 Å². The van der Waals surface area contributed by atoms with Crippen LogP contribution >= 0.6 is 0 Å². The fourth-order valence-corrected chi connectivity index (χ4v) is 4.49. The summed E-state index contributed by atoms with van der Waals surface area (Å²) in [5.74, 6) is 1.56. The van der Waals surface area contributed by atoms with Crippen LogP contribution in [0.3, 0.4) is 0 Å². The van der Waals surface area contributed by atoms with E-state index in [2.05, 4.69) is 11.5 Å². The minimum absolute atomic E-state index is 0.104. The Bertz CT molecular complexity index is 1580. The van der Waals surface area contributed by atoms with Crippen LogP contribution < -0.4 is 14.2 Å². The molecule has 3 aromatic carbocycles. The lowest BCUT2D eigenvalue weighted by Gasteiger charge is -2.14. The Hall–Kier alpha value is -4.06. The third kappa shape index (κ3) is 6.17. The third-order valence-electron chi connectivity index (χ3n) is 6.00. The number of halogens is 3. The number of carbonyl (C=O) groups is 1. The van der Waals surface area contributed by atoms with Gasteiger partial charge in [0.25, 0.3) is 0 Å². The van der Waals surface area contributed by atoms with Crippen LogP contribution in [0.2, 0.25) is 0 Å². The molecule has 0 saturated heterocycles. The average molecular weight is 562 g/mol. The molecule has 0 aliphatic carbocycles. The van der Waals surface area contributed by atoms with Gasteiger partial charge in [-0.1, -0.05) is 61.9 Å². The molecule has 1 amide bonds. The number of hydrogen-bond donors (Lipinski definition) is 1. The van der Waals surface area contributed by atoms with E-state index in [1.165, 1.54) is 12.1 Å². The second-order valence-corrected chi connectivity index (χ2v) is 10.4. The Morgan fingerprint density at radius 1 is 1.00 bits per heavy atom. The predicted octanol–water partition coefficient (Wildman–Crippen LogP) is 6.04. The molecule has 0 aliphatic heterocycles. The number of imidazole rings is 1. The first-order chi connectivity index (χ1) is 18.5. The van der Waals surface area contributed by atoms with Crippen LogP contribution in [0.15, 0.2) is 66.7 Å². The smallest absolute Gasteiger partial charge is 0.494 e. The van der Waals surface area contributed by atoms with Crippen molar-refractivity contribution in [2.45, 2.75) is 38.2 Å². The van der Waals surface area contributed by atoms with Crippen molar-refractivity contribution in [3.63, 3.8) is 0 Å². The quantitative estimate of drug-likeness (QED) is 0.268. The zero-order valence-electron chi connectivity index (χ0n) is 21.2. The van der Waals surface area contributed by atoms with Crippen LogP contribution in [0, 0.1) is 0 Å². The number of methoxy groups -OCH3 is 1. The second kappa shape index (κ2) is 11.4. The summed E-state index contributed by atoms with van der Waals surface area (Å²) in [6.07, 6.45) is 1.05. The molecule has 0 fully saturated rings. The van der Waals surface area contributed by atoms with E-state index in [0.29, 0.717) is 17.7 Å². The SMILES string of the molecule is CCCCc1nc2cccc(OC)c2n1Cc1ccc(-c2ccccc2OC(=O)NS(=O)(=O)C(F)(F)F)cc1. The van der Waals surface area contributed by atoms with E-state index < -0.39 is 21.6 Å². The predicted molar refractivity (Wildman–Crippen MR) is 140 cm³/mol. The van der Waals surface area contributed by atoms with Crippen molar-refractivity contribution in [3.8, 4) is 22.6 Å². The zero-order valence-corrected chi connectivity index (χ0v) is 22.0. The van der Waals surface area contributed by atoms with Gasteiger partial charge in [-0.2, -0.15) is 21.6 Å². The molecule has 0 radical (unpaired) electrons. The third-order valence-corrected chi connectivity index (χ3v) is 7.05.